The topological polar surface area (TPSA) is 99.6 Å². The average Bonchev–Trinajstić information content (AvgIpc) is 2.85. The Kier molecular flexibility index (Phi) is 4.17. The van der Waals surface area contributed by atoms with Crippen LogP contribution >= 0.6 is 0 Å². The van der Waals surface area contributed by atoms with E-state index >= 15 is 0 Å². The molecule has 1 aromatic carbocycles. The maximum atomic E-state index is 12.9. The lowest BCUT2D eigenvalue weighted by Gasteiger charge is -2.07. The first kappa shape index (κ1) is 16.6. The van der Waals surface area contributed by atoms with Crippen molar-refractivity contribution in [2.45, 2.75) is 13.2 Å². The van der Waals surface area contributed by atoms with Crippen LogP contribution in [0.4, 0.5) is 14.5 Å². The van der Waals surface area contributed by atoms with E-state index in [0.717, 1.165) is 0 Å². The Morgan fingerprint density at radius 1 is 1.24 bits per heavy atom. The van der Waals surface area contributed by atoms with Gasteiger partial charge in [-0.2, -0.15) is 0 Å². The van der Waals surface area contributed by atoms with Crippen molar-refractivity contribution in [1.29, 1.82) is 0 Å². The van der Waals surface area contributed by atoms with Gasteiger partial charge >= 0.3 is 12.3 Å². The molecule has 25 heavy (non-hydrogen) atoms. The number of halogens is 2. The van der Waals surface area contributed by atoms with Gasteiger partial charge in [-0.25, -0.2) is 14.8 Å². The molecule has 0 saturated carbocycles. The van der Waals surface area contributed by atoms with Crippen molar-refractivity contribution in [3.8, 4) is 11.5 Å². The van der Waals surface area contributed by atoms with E-state index in [1.165, 1.54) is 30.5 Å². The smallest absolute Gasteiger partial charge is 0.451 e. The molecule has 1 aromatic heterocycles. The molecule has 0 radical (unpaired) electrons. The second-order valence-electron chi connectivity index (χ2n) is 4.94. The summed E-state index contributed by atoms with van der Waals surface area (Å²) in [4.78, 5) is 31.3. The minimum atomic E-state index is -3.74. The largest absolute Gasteiger partial charge is 0.586 e. The number of ether oxygens (including phenoxy) is 3. The number of carbonyl (C=O) groups is 2. The van der Waals surface area contributed by atoms with Crippen molar-refractivity contribution < 1.29 is 32.6 Å². The fraction of sp³-hybridized carbons (Fsp3) is 0.200. The zero-order valence-electron chi connectivity index (χ0n) is 12.8. The molecular weight excluding hydrogens is 340 g/mol. The summed E-state index contributed by atoms with van der Waals surface area (Å²) in [6, 6.07) is 5.09. The van der Waals surface area contributed by atoms with Crippen LogP contribution in [0.3, 0.4) is 0 Å². The zero-order valence-corrected chi connectivity index (χ0v) is 12.8. The fourth-order valence-electron chi connectivity index (χ4n) is 2.00. The number of alkyl halides is 2. The van der Waals surface area contributed by atoms with Gasteiger partial charge in [-0.1, -0.05) is 0 Å². The highest BCUT2D eigenvalue weighted by molar-refractivity contribution is 5.95. The van der Waals surface area contributed by atoms with Crippen molar-refractivity contribution in [1.82, 2.24) is 9.97 Å². The normalized spacial score (nSPS) is 14.0. The Balaban J connectivity index is 1.56. The highest BCUT2D eigenvalue weighted by Crippen LogP contribution is 2.42. The van der Waals surface area contributed by atoms with Crippen LogP contribution in [0.25, 0.3) is 0 Å². The lowest BCUT2D eigenvalue weighted by molar-refractivity contribution is -0.286. The van der Waals surface area contributed by atoms with E-state index in [9.17, 15) is 18.4 Å². The number of anilines is 1. The Bertz CT molecular complexity index is 844. The number of rotatable bonds is 4. The van der Waals surface area contributed by atoms with Gasteiger partial charge in [0.2, 0.25) is 0 Å². The molecule has 130 valence electrons. The third-order valence-corrected chi connectivity index (χ3v) is 3.00. The Labute approximate surface area is 139 Å². The minimum Gasteiger partial charge on any atom is -0.451 e. The summed E-state index contributed by atoms with van der Waals surface area (Å²) < 4.78 is 39.2. The molecule has 2 aromatic rings. The highest BCUT2D eigenvalue weighted by Gasteiger charge is 2.43. The number of benzene rings is 1. The molecular formula is C15H11F2N3O5. The molecule has 0 saturated heterocycles. The number of aromatic nitrogens is 2. The van der Waals surface area contributed by atoms with E-state index in [0.29, 0.717) is 5.82 Å². The van der Waals surface area contributed by atoms with Gasteiger partial charge < -0.3 is 19.5 Å². The van der Waals surface area contributed by atoms with Crippen LogP contribution in [0.5, 0.6) is 11.5 Å². The molecule has 0 unspecified atom stereocenters. The van der Waals surface area contributed by atoms with Gasteiger partial charge in [-0.15, -0.1) is 8.78 Å². The number of nitrogens with one attached hydrogen (secondary N) is 1. The highest BCUT2D eigenvalue weighted by atomic mass is 19.3. The molecule has 0 bridgehead atoms. The molecule has 1 amide bonds. The van der Waals surface area contributed by atoms with Crippen LogP contribution in [0.1, 0.15) is 16.3 Å². The Hall–Kier alpha value is -3.30. The predicted octanol–water partition coefficient (Wildman–Crippen LogP) is 1.90. The lowest BCUT2D eigenvalue weighted by Crippen LogP contribution is -2.25. The van der Waals surface area contributed by atoms with Crippen molar-refractivity contribution >= 4 is 17.6 Å². The third-order valence-electron chi connectivity index (χ3n) is 3.00. The maximum Gasteiger partial charge on any atom is 0.586 e. The fourth-order valence-corrected chi connectivity index (χ4v) is 2.00. The molecule has 3 rings (SSSR count). The number of nitrogens with zero attached hydrogens (tertiary/aromatic N) is 2. The monoisotopic (exact) mass is 351 g/mol. The quantitative estimate of drug-likeness (QED) is 0.840. The number of hydrogen-bond donors (Lipinski definition) is 1. The predicted molar refractivity (Wildman–Crippen MR) is 78.3 cm³/mol. The second kappa shape index (κ2) is 6.30. The molecule has 2 heterocycles. The van der Waals surface area contributed by atoms with Gasteiger partial charge in [-0.05, 0) is 25.1 Å². The Morgan fingerprint density at radius 3 is 2.76 bits per heavy atom. The number of carbonyl (C=O) groups excluding carboxylic acids is 2. The number of aryl methyl sites for hydroxylation is 1. The van der Waals surface area contributed by atoms with E-state index in [-0.39, 0.29) is 22.9 Å². The van der Waals surface area contributed by atoms with Crippen LogP contribution in [0.15, 0.2) is 30.5 Å². The van der Waals surface area contributed by atoms with Gasteiger partial charge in [0.1, 0.15) is 5.82 Å². The van der Waals surface area contributed by atoms with E-state index in [2.05, 4.69) is 24.8 Å². The molecule has 0 fully saturated rings. The standard InChI is InChI=1S/C15H11F2N3O5/c1-8-18-5-4-10(19-8)14(22)23-7-13(21)20-9-2-3-11-12(6-9)25-15(16,17)24-11/h2-6H,7H2,1H3,(H,20,21). The Morgan fingerprint density at radius 2 is 2.00 bits per heavy atom. The molecule has 0 spiro atoms. The van der Waals surface area contributed by atoms with Crippen LogP contribution < -0.4 is 14.8 Å². The summed E-state index contributed by atoms with van der Waals surface area (Å²) in [6.07, 6.45) is -2.35. The van der Waals surface area contributed by atoms with Crippen LogP contribution in [-0.4, -0.2) is 34.7 Å². The van der Waals surface area contributed by atoms with Crippen molar-refractivity contribution in [3.05, 3.63) is 42.0 Å². The molecule has 10 heteroatoms. The summed E-state index contributed by atoms with van der Waals surface area (Å²) in [5, 5.41) is 2.39. The van der Waals surface area contributed by atoms with Crippen molar-refractivity contribution in [2.75, 3.05) is 11.9 Å². The summed E-state index contributed by atoms with van der Waals surface area (Å²) >= 11 is 0. The van der Waals surface area contributed by atoms with Gasteiger partial charge in [0, 0.05) is 18.0 Å². The van der Waals surface area contributed by atoms with E-state index in [1.807, 2.05) is 0 Å². The van der Waals surface area contributed by atoms with Gasteiger partial charge in [0.25, 0.3) is 5.91 Å². The van der Waals surface area contributed by atoms with Crippen LogP contribution in [0.2, 0.25) is 0 Å². The summed E-state index contributed by atoms with van der Waals surface area (Å²) in [5.74, 6) is -1.42. The summed E-state index contributed by atoms with van der Waals surface area (Å²) in [7, 11) is 0. The average molecular weight is 351 g/mol. The van der Waals surface area contributed by atoms with Crippen LogP contribution in [0, 0.1) is 6.92 Å². The second-order valence-corrected chi connectivity index (χ2v) is 4.94. The molecule has 1 aliphatic heterocycles. The first-order valence-corrected chi connectivity index (χ1v) is 6.99. The first-order valence-electron chi connectivity index (χ1n) is 6.99. The van der Waals surface area contributed by atoms with Crippen molar-refractivity contribution in [3.63, 3.8) is 0 Å². The molecule has 8 nitrogen and oxygen atoms in total. The van der Waals surface area contributed by atoms with E-state index in [1.54, 1.807) is 6.92 Å². The van der Waals surface area contributed by atoms with Gasteiger partial charge in [0.05, 0.1) is 0 Å². The van der Waals surface area contributed by atoms with Gasteiger partial charge in [-0.3, -0.25) is 4.79 Å². The lowest BCUT2D eigenvalue weighted by atomic mass is 10.3. The van der Waals surface area contributed by atoms with E-state index < -0.39 is 24.8 Å². The first-order chi connectivity index (χ1) is 11.8. The number of hydrogen-bond acceptors (Lipinski definition) is 7. The maximum absolute atomic E-state index is 12.9. The summed E-state index contributed by atoms with van der Waals surface area (Å²) in [6.45, 7) is 1.03. The molecule has 0 atom stereocenters. The number of amides is 1. The van der Waals surface area contributed by atoms with Gasteiger partial charge in [0.15, 0.2) is 23.8 Å². The summed E-state index contributed by atoms with van der Waals surface area (Å²) in [5.41, 5.74) is 0.199. The molecule has 1 aliphatic rings. The number of esters is 1. The van der Waals surface area contributed by atoms with Crippen molar-refractivity contribution in [2.24, 2.45) is 0 Å². The van der Waals surface area contributed by atoms with E-state index in [4.69, 9.17) is 4.74 Å². The SMILES string of the molecule is Cc1nccc(C(=O)OCC(=O)Nc2ccc3c(c2)OC(F)(F)O3)n1. The minimum absolute atomic E-state index is 0.0191. The molecule has 0 aliphatic carbocycles. The number of fused-ring (bicyclic) bond motifs is 1. The van der Waals surface area contributed by atoms with Crippen LogP contribution in [-0.2, 0) is 9.53 Å². The zero-order chi connectivity index (χ0) is 18.0. The molecule has 1 N–H and O–H groups in total. The third kappa shape index (κ3) is 3.97.